The normalized spacial score (nSPS) is 30.8. The molecular formula is C11H12BrF2N. The fourth-order valence-corrected chi connectivity index (χ4v) is 2.48. The van der Waals surface area contributed by atoms with Gasteiger partial charge < -0.3 is 5.73 Å². The fraction of sp³-hybridized carbons (Fsp3) is 0.455. The smallest absolute Gasteiger partial charge is 0.140 e. The Bertz CT molecular complexity index is 383. The van der Waals surface area contributed by atoms with Gasteiger partial charge >= 0.3 is 0 Å². The van der Waals surface area contributed by atoms with Gasteiger partial charge in [-0.2, -0.15) is 0 Å². The highest BCUT2D eigenvalue weighted by molar-refractivity contribution is 9.10. The lowest BCUT2D eigenvalue weighted by molar-refractivity contribution is 0.166. The van der Waals surface area contributed by atoms with Crippen LogP contribution in [0, 0.1) is 5.82 Å². The van der Waals surface area contributed by atoms with Crippen molar-refractivity contribution in [1.82, 2.24) is 0 Å². The molecule has 2 atom stereocenters. The Balaban J connectivity index is 2.40. The molecule has 82 valence electrons. The van der Waals surface area contributed by atoms with E-state index in [1.165, 1.54) is 12.1 Å². The molecule has 1 nitrogen and oxygen atoms in total. The van der Waals surface area contributed by atoms with Crippen LogP contribution in [0.3, 0.4) is 0 Å². The van der Waals surface area contributed by atoms with Crippen LogP contribution < -0.4 is 5.73 Å². The molecule has 1 aromatic rings. The maximum absolute atomic E-state index is 14.4. The Hall–Kier alpha value is -0.480. The minimum absolute atomic E-state index is 0.129. The summed E-state index contributed by atoms with van der Waals surface area (Å²) < 4.78 is 28.6. The summed E-state index contributed by atoms with van der Waals surface area (Å²) in [5, 5.41) is 0. The topological polar surface area (TPSA) is 26.0 Å². The predicted molar refractivity (Wildman–Crippen MR) is 58.7 cm³/mol. The van der Waals surface area contributed by atoms with Crippen LogP contribution in [0.15, 0.2) is 22.7 Å². The molecule has 0 aromatic heterocycles. The van der Waals surface area contributed by atoms with Gasteiger partial charge in [0.25, 0.3) is 0 Å². The lowest BCUT2D eigenvalue weighted by atomic mass is 9.93. The van der Waals surface area contributed by atoms with Gasteiger partial charge in [-0.3, -0.25) is 0 Å². The summed E-state index contributed by atoms with van der Waals surface area (Å²) in [6, 6.07) is 4.20. The Kier molecular flexibility index (Phi) is 2.81. The van der Waals surface area contributed by atoms with Crippen molar-refractivity contribution in [1.29, 1.82) is 0 Å². The van der Waals surface area contributed by atoms with Crippen LogP contribution in [-0.2, 0) is 5.67 Å². The summed E-state index contributed by atoms with van der Waals surface area (Å²) in [7, 11) is 0. The van der Waals surface area contributed by atoms with E-state index in [4.69, 9.17) is 5.73 Å². The number of halogens is 3. The van der Waals surface area contributed by atoms with Crippen LogP contribution in [0.4, 0.5) is 8.78 Å². The Morgan fingerprint density at radius 2 is 2.20 bits per heavy atom. The average molecular weight is 276 g/mol. The van der Waals surface area contributed by atoms with Crippen LogP contribution >= 0.6 is 15.9 Å². The molecular weight excluding hydrogens is 264 g/mol. The Labute approximate surface area is 95.8 Å². The van der Waals surface area contributed by atoms with Crippen molar-refractivity contribution in [2.24, 2.45) is 5.73 Å². The number of benzene rings is 1. The lowest BCUT2D eigenvalue weighted by Gasteiger charge is -2.20. The second-order valence-corrected chi connectivity index (χ2v) is 5.01. The summed E-state index contributed by atoms with van der Waals surface area (Å²) in [6.45, 7) is 0. The maximum atomic E-state index is 14.4. The van der Waals surface area contributed by atoms with E-state index < -0.39 is 11.5 Å². The molecule has 2 N–H and O–H groups in total. The van der Waals surface area contributed by atoms with Crippen LogP contribution in [0.1, 0.15) is 24.8 Å². The van der Waals surface area contributed by atoms with Gasteiger partial charge in [-0.25, -0.2) is 8.78 Å². The van der Waals surface area contributed by atoms with Crippen molar-refractivity contribution in [3.8, 4) is 0 Å². The highest BCUT2D eigenvalue weighted by Gasteiger charge is 2.41. The van der Waals surface area contributed by atoms with Crippen LogP contribution in [0.25, 0.3) is 0 Å². The van der Waals surface area contributed by atoms with Crippen molar-refractivity contribution < 1.29 is 8.78 Å². The summed E-state index contributed by atoms with van der Waals surface area (Å²) >= 11 is 3.22. The number of alkyl halides is 1. The maximum Gasteiger partial charge on any atom is 0.140 e. The molecule has 0 spiro atoms. The summed E-state index contributed by atoms with van der Waals surface area (Å²) in [4.78, 5) is 0. The first kappa shape index (κ1) is 11.0. The zero-order chi connectivity index (χ0) is 11.1. The monoisotopic (exact) mass is 275 g/mol. The third-order valence-electron chi connectivity index (χ3n) is 2.91. The molecule has 0 amide bonds. The second-order valence-electron chi connectivity index (χ2n) is 4.09. The molecule has 1 aliphatic carbocycles. The van der Waals surface area contributed by atoms with Gasteiger partial charge in [0.2, 0.25) is 0 Å². The first-order chi connectivity index (χ1) is 7.01. The molecule has 0 aliphatic heterocycles. The van der Waals surface area contributed by atoms with E-state index in [1.807, 2.05) is 0 Å². The standard InChI is InChI=1S/C11H12BrF2N/c12-7-1-2-10(13)9(5-7)11(14)4-3-8(15)6-11/h1-2,5,8H,3-4,6,15H2. The van der Waals surface area contributed by atoms with Gasteiger partial charge in [0.15, 0.2) is 0 Å². The van der Waals surface area contributed by atoms with Crippen molar-refractivity contribution in [3.63, 3.8) is 0 Å². The summed E-state index contributed by atoms with van der Waals surface area (Å²) in [6.07, 6.45) is 1.13. The van der Waals surface area contributed by atoms with E-state index in [-0.39, 0.29) is 18.0 Å². The zero-order valence-corrected chi connectivity index (χ0v) is 9.73. The summed E-state index contributed by atoms with van der Waals surface area (Å²) in [5.41, 5.74) is 4.20. The molecule has 0 heterocycles. The largest absolute Gasteiger partial charge is 0.328 e. The third-order valence-corrected chi connectivity index (χ3v) is 3.40. The minimum Gasteiger partial charge on any atom is -0.328 e. The molecule has 0 bridgehead atoms. The number of nitrogens with two attached hydrogens (primary N) is 1. The van der Waals surface area contributed by atoms with E-state index in [1.54, 1.807) is 6.07 Å². The Morgan fingerprint density at radius 3 is 2.80 bits per heavy atom. The molecule has 0 radical (unpaired) electrons. The lowest BCUT2D eigenvalue weighted by Crippen LogP contribution is -2.22. The first-order valence-corrected chi connectivity index (χ1v) is 5.70. The second kappa shape index (κ2) is 3.83. The van der Waals surface area contributed by atoms with Gasteiger partial charge in [-0.05, 0) is 31.0 Å². The van der Waals surface area contributed by atoms with Crippen molar-refractivity contribution in [2.75, 3.05) is 0 Å². The van der Waals surface area contributed by atoms with Gasteiger partial charge in [-0.15, -0.1) is 0 Å². The first-order valence-electron chi connectivity index (χ1n) is 4.91. The van der Waals surface area contributed by atoms with Crippen molar-refractivity contribution in [2.45, 2.75) is 31.0 Å². The van der Waals surface area contributed by atoms with E-state index in [0.717, 1.165) is 0 Å². The van der Waals surface area contributed by atoms with Gasteiger partial charge in [0.05, 0.1) is 0 Å². The van der Waals surface area contributed by atoms with E-state index in [0.29, 0.717) is 17.3 Å². The molecule has 2 rings (SSSR count). The van der Waals surface area contributed by atoms with E-state index in [9.17, 15) is 8.78 Å². The zero-order valence-electron chi connectivity index (χ0n) is 8.14. The van der Waals surface area contributed by atoms with Crippen LogP contribution in [-0.4, -0.2) is 6.04 Å². The van der Waals surface area contributed by atoms with Gasteiger partial charge in [0.1, 0.15) is 11.5 Å². The molecule has 1 saturated carbocycles. The summed E-state index contributed by atoms with van der Waals surface area (Å²) in [5.74, 6) is -0.491. The molecule has 0 saturated heterocycles. The molecule has 1 aromatic carbocycles. The number of rotatable bonds is 1. The highest BCUT2D eigenvalue weighted by Crippen LogP contribution is 2.43. The van der Waals surface area contributed by atoms with E-state index >= 15 is 0 Å². The van der Waals surface area contributed by atoms with Crippen molar-refractivity contribution >= 4 is 15.9 Å². The highest BCUT2D eigenvalue weighted by atomic mass is 79.9. The van der Waals surface area contributed by atoms with Gasteiger partial charge in [0, 0.05) is 22.5 Å². The molecule has 1 fully saturated rings. The fourth-order valence-electron chi connectivity index (χ4n) is 2.12. The van der Waals surface area contributed by atoms with Crippen LogP contribution in [0.2, 0.25) is 0 Å². The molecule has 4 heteroatoms. The van der Waals surface area contributed by atoms with Crippen LogP contribution in [0.5, 0.6) is 0 Å². The number of hydrogen-bond donors (Lipinski definition) is 1. The Morgan fingerprint density at radius 1 is 1.47 bits per heavy atom. The average Bonchev–Trinajstić information content (AvgIpc) is 2.52. The minimum atomic E-state index is -1.59. The van der Waals surface area contributed by atoms with Crippen molar-refractivity contribution in [3.05, 3.63) is 34.1 Å². The van der Waals surface area contributed by atoms with E-state index in [2.05, 4.69) is 15.9 Å². The van der Waals surface area contributed by atoms with Gasteiger partial charge in [-0.1, -0.05) is 15.9 Å². The molecule has 1 aliphatic rings. The SMILES string of the molecule is NC1CCC(F)(c2cc(Br)ccc2F)C1. The quantitative estimate of drug-likeness (QED) is 0.837. The number of hydrogen-bond acceptors (Lipinski definition) is 1. The molecule has 15 heavy (non-hydrogen) atoms. The third kappa shape index (κ3) is 2.06. The predicted octanol–water partition coefficient (Wildman–Crippen LogP) is 3.26. The molecule has 2 unspecified atom stereocenters.